The third-order valence-corrected chi connectivity index (χ3v) is 4.78. The molecule has 3 heteroatoms. The van der Waals surface area contributed by atoms with Gasteiger partial charge in [0.25, 0.3) is 0 Å². The van der Waals surface area contributed by atoms with Gasteiger partial charge in [0.2, 0.25) is 0 Å². The van der Waals surface area contributed by atoms with E-state index in [2.05, 4.69) is 13.0 Å². The van der Waals surface area contributed by atoms with Crippen LogP contribution in [-0.2, 0) is 0 Å². The molecular formula is C18H25NO2. The minimum atomic E-state index is -0.187. The van der Waals surface area contributed by atoms with Crippen LogP contribution in [0, 0.1) is 22.7 Å². The monoisotopic (exact) mass is 287 g/mol. The Bertz CT molecular complexity index is 484. The summed E-state index contributed by atoms with van der Waals surface area (Å²) in [6.45, 7) is 2.82. The molecule has 0 unspecified atom stereocenters. The Morgan fingerprint density at radius 3 is 2.48 bits per heavy atom. The number of benzene rings is 1. The Hall–Kier alpha value is -1.69. The number of rotatable bonds is 6. The van der Waals surface area contributed by atoms with Gasteiger partial charge >= 0.3 is 0 Å². The average Bonchev–Trinajstić information content (AvgIpc) is 2.56. The summed E-state index contributed by atoms with van der Waals surface area (Å²) < 4.78 is 11.1. The fourth-order valence-electron chi connectivity index (χ4n) is 3.15. The smallest absolute Gasteiger partial charge is 0.161 e. The Morgan fingerprint density at radius 1 is 1.24 bits per heavy atom. The maximum Gasteiger partial charge on any atom is 0.161 e. The van der Waals surface area contributed by atoms with Gasteiger partial charge in [0, 0.05) is 6.42 Å². The summed E-state index contributed by atoms with van der Waals surface area (Å²) >= 11 is 0. The summed E-state index contributed by atoms with van der Waals surface area (Å²) in [6, 6.07) is 10.2. The van der Waals surface area contributed by atoms with Gasteiger partial charge in [0.15, 0.2) is 11.5 Å². The molecule has 1 saturated carbocycles. The number of methoxy groups -OCH3 is 1. The molecule has 0 heterocycles. The minimum Gasteiger partial charge on any atom is -0.493 e. The molecule has 0 radical (unpaired) electrons. The van der Waals surface area contributed by atoms with Crippen molar-refractivity contribution in [2.75, 3.05) is 13.7 Å². The van der Waals surface area contributed by atoms with Crippen LogP contribution in [0.25, 0.3) is 0 Å². The van der Waals surface area contributed by atoms with Gasteiger partial charge in [0.05, 0.1) is 25.2 Å². The van der Waals surface area contributed by atoms with Crippen LogP contribution < -0.4 is 9.47 Å². The van der Waals surface area contributed by atoms with Crippen molar-refractivity contribution in [2.45, 2.75) is 45.4 Å². The molecule has 2 rings (SSSR count). The fourth-order valence-corrected chi connectivity index (χ4v) is 3.15. The van der Waals surface area contributed by atoms with Crippen LogP contribution in [0.5, 0.6) is 11.5 Å². The largest absolute Gasteiger partial charge is 0.493 e. The summed E-state index contributed by atoms with van der Waals surface area (Å²) in [5, 5.41) is 9.57. The van der Waals surface area contributed by atoms with E-state index in [-0.39, 0.29) is 5.41 Å². The van der Waals surface area contributed by atoms with E-state index in [1.54, 1.807) is 7.11 Å². The van der Waals surface area contributed by atoms with Gasteiger partial charge in [-0.2, -0.15) is 5.26 Å². The summed E-state index contributed by atoms with van der Waals surface area (Å²) in [6.07, 6.45) is 6.42. The summed E-state index contributed by atoms with van der Waals surface area (Å²) in [7, 11) is 1.64. The van der Waals surface area contributed by atoms with Crippen molar-refractivity contribution < 1.29 is 9.47 Å². The van der Waals surface area contributed by atoms with Gasteiger partial charge in [-0.25, -0.2) is 0 Å². The van der Waals surface area contributed by atoms with E-state index in [0.717, 1.165) is 36.7 Å². The molecule has 0 aliphatic heterocycles. The van der Waals surface area contributed by atoms with Crippen molar-refractivity contribution in [2.24, 2.45) is 11.3 Å². The molecular weight excluding hydrogens is 262 g/mol. The van der Waals surface area contributed by atoms with Crippen molar-refractivity contribution in [1.29, 1.82) is 5.26 Å². The number of hydrogen-bond donors (Lipinski definition) is 0. The maximum absolute atomic E-state index is 9.57. The maximum atomic E-state index is 9.57. The average molecular weight is 287 g/mol. The predicted octanol–water partition coefficient (Wildman–Crippen LogP) is 4.57. The Balaban J connectivity index is 1.88. The molecule has 3 nitrogen and oxygen atoms in total. The first kappa shape index (κ1) is 15.7. The fraction of sp³-hybridized carbons (Fsp3) is 0.611. The van der Waals surface area contributed by atoms with E-state index in [4.69, 9.17) is 9.47 Å². The van der Waals surface area contributed by atoms with E-state index in [1.165, 1.54) is 19.3 Å². The van der Waals surface area contributed by atoms with Crippen molar-refractivity contribution >= 4 is 0 Å². The number of nitriles is 1. The number of nitrogens with zero attached hydrogens (tertiary/aromatic N) is 1. The molecule has 1 aromatic carbocycles. The highest BCUT2D eigenvalue weighted by Gasteiger charge is 2.34. The van der Waals surface area contributed by atoms with Gasteiger partial charge in [-0.3, -0.25) is 0 Å². The first-order chi connectivity index (χ1) is 10.2. The lowest BCUT2D eigenvalue weighted by Crippen LogP contribution is -2.28. The van der Waals surface area contributed by atoms with Crippen molar-refractivity contribution in [1.82, 2.24) is 0 Å². The molecule has 1 aliphatic carbocycles. The van der Waals surface area contributed by atoms with Crippen LogP contribution in [0.15, 0.2) is 24.3 Å². The van der Waals surface area contributed by atoms with Crippen LogP contribution in [-0.4, -0.2) is 13.7 Å². The van der Waals surface area contributed by atoms with Gasteiger partial charge in [0.1, 0.15) is 0 Å². The molecule has 0 N–H and O–H groups in total. The molecule has 0 aromatic heterocycles. The second kappa shape index (κ2) is 7.36. The van der Waals surface area contributed by atoms with Crippen LogP contribution in [0.4, 0.5) is 0 Å². The lowest BCUT2D eigenvalue weighted by atomic mass is 9.69. The second-order valence-corrected chi connectivity index (χ2v) is 5.99. The number of hydrogen-bond acceptors (Lipinski definition) is 3. The Morgan fingerprint density at radius 2 is 1.90 bits per heavy atom. The highest BCUT2D eigenvalue weighted by atomic mass is 16.5. The van der Waals surface area contributed by atoms with E-state index >= 15 is 0 Å². The molecule has 0 spiro atoms. The first-order valence-corrected chi connectivity index (χ1v) is 7.90. The second-order valence-electron chi connectivity index (χ2n) is 5.99. The number of ether oxygens (including phenoxy) is 2. The van der Waals surface area contributed by atoms with Crippen molar-refractivity contribution in [3.8, 4) is 17.6 Å². The predicted molar refractivity (Wildman–Crippen MR) is 83.4 cm³/mol. The zero-order valence-electron chi connectivity index (χ0n) is 13.1. The third kappa shape index (κ3) is 3.91. The topological polar surface area (TPSA) is 42.2 Å². The van der Waals surface area contributed by atoms with Gasteiger partial charge in [-0.15, -0.1) is 0 Å². The highest BCUT2D eigenvalue weighted by molar-refractivity contribution is 5.39. The Labute approximate surface area is 127 Å². The van der Waals surface area contributed by atoms with E-state index in [9.17, 15) is 5.26 Å². The standard InChI is InChI=1S/C18H25NO2/c1-3-15-8-10-18(14-19,11-9-15)12-13-21-17-7-5-4-6-16(17)20-2/h4-7,15H,3,8-13H2,1-2H3. The third-order valence-electron chi connectivity index (χ3n) is 4.78. The van der Waals surface area contributed by atoms with Crippen molar-refractivity contribution in [3.63, 3.8) is 0 Å². The van der Waals surface area contributed by atoms with Crippen LogP contribution in [0.2, 0.25) is 0 Å². The molecule has 0 atom stereocenters. The molecule has 21 heavy (non-hydrogen) atoms. The van der Waals surface area contributed by atoms with Crippen LogP contribution >= 0.6 is 0 Å². The quantitative estimate of drug-likeness (QED) is 0.769. The highest BCUT2D eigenvalue weighted by Crippen LogP contribution is 2.42. The molecule has 0 saturated heterocycles. The SMILES string of the molecule is CCC1CCC(C#N)(CCOc2ccccc2OC)CC1. The molecule has 114 valence electrons. The molecule has 0 bridgehead atoms. The van der Waals surface area contributed by atoms with Crippen LogP contribution in [0.3, 0.4) is 0 Å². The minimum absolute atomic E-state index is 0.187. The summed E-state index contributed by atoms with van der Waals surface area (Å²) in [5.74, 6) is 2.31. The molecule has 1 aromatic rings. The summed E-state index contributed by atoms with van der Waals surface area (Å²) in [5.41, 5.74) is -0.187. The molecule has 1 aliphatic rings. The van der Waals surface area contributed by atoms with Crippen LogP contribution in [0.1, 0.15) is 45.4 Å². The van der Waals surface area contributed by atoms with E-state index in [0.29, 0.717) is 6.61 Å². The van der Waals surface area contributed by atoms with E-state index in [1.807, 2.05) is 24.3 Å². The number of para-hydroxylation sites is 2. The molecule has 1 fully saturated rings. The lowest BCUT2D eigenvalue weighted by molar-refractivity contribution is 0.159. The van der Waals surface area contributed by atoms with Gasteiger partial charge in [-0.1, -0.05) is 25.5 Å². The zero-order valence-corrected chi connectivity index (χ0v) is 13.1. The summed E-state index contributed by atoms with van der Waals surface area (Å²) in [4.78, 5) is 0. The normalized spacial score (nSPS) is 25.1. The zero-order chi connectivity index (χ0) is 15.1. The van der Waals surface area contributed by atoms with Gasteiger partial charge in [-0.05, 0) is 43.7 Å². The lowest BCUT2D eigenvalue weighted by Gasteiger charge is -2.34. The first-order valence-electron chi connectivity index (χ1n) is 7.90. The van der Waals surface area contributed by atoms with Gasteiger partial charge < -0.3 is 9.47 Å². The Kier molecular flexibility index (Phi) is 5.50. The van der Waals surface area contributed by atoms with E-state index < -0.39 is 0 Å². The molecule has 0 amide bonds. The van der Waals surface area contributed by atoms with Crippen molar-refractivity contribution in [3.05, 3.63) is 24.3 Å².